The van der Waals surface area contributed by atoms with Crippen molar-refractivity contribution in [3.63, 3.8) is 0 Å². The number of hydrogen-bond acceptors (Lipinski definition) is 7. The van der Waals surface area contributed by atoms with Crippen LogP contribution in [0.4, 0.5) is 0 Å². The molecule has 1 aliphatic heterocycles. The van der Waals surface area contributed by atoms with Gasteiger partial charge in [0, 0.05) is 25.0 Å². The molecule has 1 atom stereocenters. The number of ether oxygens (including phenoxy) is 2. The molecule has 0 radical (unpaired) electrons. The summed E-state index contributed by atoms with van der Waals surface area (Å²) in [5.41, 5.74) is 0.458. The third-order valence-corrected chi connectivity index (χ3v) is 6.40. The molecule has 0 aliphatic carbocycles. The average molecular weight is 400 g/mol. The van der Waals surface area contributed by atoms with Crippen molar-refractivity contribution in [3.05, 3.63) is 72.4 Å². The maximum Gasteiger partial charge on any atom is 0.287 e. The van der Waals surface area contributed by atoms with Crippen LogP contribution in [0.2, 0.25) is 0 Å². The van der Waals surface area contributed by atoms with E-state index in [0.29, 0.717) is 17.1 Å². The number of amides is 1. The molecule has 0 unspecified atom stereocenters. The van der Waals surface area contributed by atoms with E-state index in [2.05, 4.69) is 10.3 Å². The van der Waals surface area contributed by atoms with Gasteiger partial charge in [0.25, 0.3) is 5.91 Å². The molecule has 3 aromatic rings. The molecule has 0 saturated carbocycles. The molecular formula is C19H16N2O6S. The number of sulfone groups is 1. The monoisotopic (exact) mass is 400 g/mol. The second-order valence-electron chi connectivity index (χ2n) is 6.02. The highest BCUT2D eigenvalue weighted by atomic mass is 32.2. The Morgan fingerprint density at radius 3 is 2.75 bits per heavy atom. The highest BCUT2D eigenvalue weighted by Crippen LogP contribution is 2.37. The van der Waals surface area contributed by atoms with E-state index in [0.717, 1.165) is 0 Å². The maximum absolute atomic E-state index is 13.3. The Kier molecular flexibility index (Phi) is 4.74. The molecule has 1 aromatic carbocycles. The Morgan fingerprint density at radius 2 is 2.00 bits per heavy atom. The summed E-state index contributed by atoms with van der Waals surface area (Å²) in [4.78, 5) is 16.3. The van der Waals surface area contributed by atoms with Crippen LogP contribution in [-0.2, 0) is 9.84 Å². The van der Waals surface area contributed by atoms with Crippen LogP contribution in [0.25, 0.3) is 0 Å². The van der Waals surface area contributed by atoms with Gasteiger partial charge in [0.2, 0.25) is 6.79 Å². The van der Waals surface area contributed by atoms with Crippen molar-refractivity contribution in [1.29, 1.82) is 0 Å². The topological polar surface area (TPSA) is 108 Å². The van der Waals surface area contributed by atoms with Gasteiger partial charge in [0.1, 0.15) is 5.25 Å². The fourth-order valence-corrected chi connectivity index (χ4v) is 4.53. The summed E-state index contributed by atoms with van der Waals surface area (Å²) in [6.45, 7) is -0.105. The van der Waals surface area contributed by atoms with Gasteiger partial charge in [-0.05, 0) is 35.9 Å². The van der Waals surface area contributed by atoms with Gasteiger partial charge < -0.3 is 19.2 Å². The van der Waals surface area contributed by atoms with Crippen molar-refractivity contribution in [1.82, 2.24) is 10.3 Å². The summed E-state index contributed by atoms with van der Waals surface area (Å²) in [7, 11) is -3.86. The first-order valence-corrected chi connectivity index (χ1v) is 9.95. The van der Waals surface area contributed by atoms with Crippen LogP contribution in [0.1, 0.15) is 21.4 Å². The molecule has 8 nitrogen and oxygen atoms in total. The number of pyridine rings is 1. The normalized spacial score (nSPS) is 13.9. The number of hydrogen-bond donors (Lipinski definition) is 1. The van der Waals surface area contributed by atoms with E-state index in [1.807, 2.05) is 0 Å². The summed E-state index contributed by atoms with van der Waals surface area (Å²) < 4.78 is 42.2. The average Bonchev–Trinajstić information content (AvgIpc) is 3.40. The minimum Gasteiger partial charge on any atom is -0.459 e. The van der Waals surface area contributed by atoms with E-state index in [9.17, 15) is 13.2 Å². The molecule has 0 fully saturated rings. The largest absolute Gasteiger partial charge is 0.459 e. The molecule has 0 spiro atoms. The van der Waals surface area contributed by atoms with E-state index in [4.69, 9.17) is 13.9 Å². The van der Waals surface area contributed by atoms with Crippen LogP contribution in [0.5, 0.6) is 11.5 Å². The van der Waals surface area contributed by atoms with Gasteiger partial charge in [-0.1, -0.05) is 6.07 Å². The number of carbonyl (C=O) groups excluding carboxylic acids is 1. The van der Waals surface area contributed by atoms with Gasteiger partial charge in [0.15, 0.2) is 27.1 Å². The van der Waals surface area contributed by atoms with Crippen molar-refractivity contribution in [2.24, 2.45) is 0 Å². The van der Waals surface area contributed by atoms with Gasteiger partial charge in [-0.3, -0.25) is 9.78 Å². The lowest BCUT2D eigenvalue weighted by atomic mass is 10.2. The number of nitrogens with one attached hydrogen (secondary N) is 1. The van der Waals surface area contributed by atoms with Gasteiger partial charge in [-0.15, -0.1) is 0 Å². The molecule has 1 amide bonds. The molecule has 144 valence electrons. The summed E-state index contributed by atoms with van der Waals surface area (Å²) >= 11 is 0. The Bertz CT molecular complexity index is 1080. The van der Waals surface area contributed by atoms with Crippen molar-refractivity contribution in [2.45, 2.75) is 10.1 Å². The maximum atomic E-state index is 13.3. The second kappa shape index (κ2) is 7.35. The van der Waals surface area contributed by atoms with Crippen LogP contribution in [0, 0.1) is 0 Å². The van der Waals surface area contributed by atoms with Crippen molar-refractivity contribution in [2.75, 3.05) is 13.3 Å². The molecule has 2 aromatic heterocycles. The fraction of sp³-hybridized carbons (Fsp3) is 0.158. The second-order valence-corrected chi connectivity index (χ2v) is 8.15. The third kappa shape index (κ3) is 3.44. The lowest BCUT2D eigenvalue weighted by Crippen LogP contribution is -2.31. The van der Waals surface area contributed by atoms with Gasteiger partial charge in [-0.25, -0.2) is 8.42 Å². The van der Waals surface area contributed by atoms with Crippen LogP contribution < -0.4 is 14.8 Å². The quantitative estimate of drug-likeness (QED) is 0.677. The molecule has 0 bridgehead atoms. The molecule has 1 N–H and O–H groups in total. The molecular weight excluding hydrogens is 384 g/mol. The van der Waals surface area contributed by atoms with Crippen molar-refractivity contribution in [3.8, 4) is 11.5 Å². The zero-order valence-electron chi connectivity index (χ0n) is 14.6. The number of aromatic nitrogens is 1. The van der Waals surface area contributed by atoms with Crippen LogP contribution in [0.15, 0.2) is 70.4 Å². The first-order valence-electron chi connectivity index (χ1n) is 8.41. The molecule has 9 heteroatoms. The molecule has 0 saturated heterocycles. The van der Waals surface area contributed by atoms with E-state index in [1.165, 1.54) is 30.7 Å². The van der Waals surface area contributed by atoms with E-state index in [1.54, 1.807) is 30.5 Å². The summed E-state index contributed by atoms with van der Waals surface area (Å²) in [6, 6.07) is 10.8. The van der Waals surface area contributed by atoms with Crippen molar-refractivity contribution < 1.29 is 27.1 Å². The van der Waals surface area contributed by atoms with Gasteiger partial charge in [0.05, 0.1) is 11.2 Å². The number of rotatable bonds is 6. The van der Waals surface area contributed by atoms with Gasteiger partial charge in [-0.2, -0.15) is 0 Å². The fourth-order valence-electron chi connectivity index (χ4n) is 2.87. The van der Waals surface area contributed by atoms with E-state index < -0.39 is 21.0 Å². The van der Waals surface area contributed by atoms with E-state index >= 15 is 0 Å². The predicted octanol–water partition coefficient (Wildman–Crippen LogP) is 2.35. The van der Waals surface area contributed by atoms with Crippen LogP contribution >= 0.6 is 0 Å². The van der Waals surface area contributed by atoms with E-state index in [-0.39, 0.29) is 24.0 Å². The van der Waals surface area contributed by atoms with Crippen molar-refractivity contribution >= 4 is 15.7 Å². The minimum atomic E-state index is -3.86. The zero-order chi connectivity index (χ0) is 19.6. The highest BCUT2D eigenvalue weighted by molar-refractivity contribution is 7.91. The zero-order valence-corrected chi connectivity index (χ0v) is 15.4. The SMILES string of the molecule is O=C(NC[C@H](c1cccnc1)S(=O)(=O)c1ccc2c(c1)OCO2)c1ccco1. The molecule has 4 rings (SSSR count). The number of carbonyl (C=O) groups is 1. The highest BCUT2D eigenvalue weighted by Gasteiger charge is 2.31. The van der Waals surface area contributed by atoms with Crippen LogP contribution in [0.3, 0.4) is 0 Å². The number of fused-ring (bicyclic) bond motifs is 1. The lowest BCUT2D eigenvalue weighted by Gasteiger charge is -2.18. The number of benzene rings is 1. The molecule has 28 heavy (non-hydrogen) atoms. The minimum absolute atomic E-state index is 0.0457. The number of nitrogens with zero attached hydrogens (tertiary/aromatic N) is 1. The smallest absolute Gasteiger partial charge is 0.287 e. The summed E-state index contributed by atoms with van der Waals surface area (Å²) in [6.07, 6.45) is 4.39. The third-order valence-electron chi connectivity index (χ3n) is 4.30. The Hall–Kier alpha value is -3.33. The predicted molar refractivity (Wildman–Crippen MR) is 97.8 cm³/mol. The molecule has 1 aliphatic rings. The molecule has 3 heterocycles. The Morgan fingerprint density at radius 1 is 1.14 bits per heavy atom. The van der Waals surface area contributed by atoms with Crippen LogP contribution in [-0.4, -0.2) is 32.6 Å². The Labute approximate surface area is 161 Å². The lowest BCUT2D eigenvalue weighted by molar-refractivity contribution is 0.0926. The summed E-state index contributed by atoms with van der Waals surface area (Å²) in [5, 5.41) is 1.58. The first kappa shape index (κ1) is 18.1. The van der Waals surface area contributed by atoms with Gasteiger partial charge >= 0.3 is 0 Å². The standard InChI is InChI=1S/C19H16N2O6S/c22-19(16-4-2-8-25-16)21-11-18(13-3-1-7-20-10-13)28(23,24)14-5-6-15-17(9-14)27-12-26-15/h1-10,18H,11-12H2,(H,21,22)/t18-/m1/s1. The summed E-state index contributed by atoms with van der Waals surface area (Å²) in [5.74, 6) is 0.457. The Balaban J connectivity index is 1.65. The number of furan rings is 1. The first-order chi connectivity index (χ1) is 13.6.